The fourth-order valence-corrected chi connectivity index (χ4v) is 1.39. The van der Waals surface area contributed by atoms with E-state index in [0.717, 1.165) is 13.0 Å². The molecule has 0 saturated carbocycles. The summed E-state index contributed by atoms with van der Waals surface area (Å²) in [6, 6.07) is 0.371. The minimum absolute atomic E-state index is 0.371. The molecule has 64 valence electrons. The number of carboxylic acid groups (broad SMARTS) is 1. The zero-order valence-electron chi connectivity index (χ0n) is 6.71. The van der Waals surface area contributed by atoms with Gasteiger partial charge in [0, 0.05) is 19.1 Å². The number of hydrogen-bond donors (Lipinski definition) is 2. The maximum atomic E-state index is 10.4. The van der Waals surface area contributed by atoms with Crippen LogP contribution in [0.4, 0.5) is 4.79 Å². The maximum Gasteiger partial charge on any atom is 0.407 e. The first kappa shape index (κ1) is 8.33. The van der Waals surface area contributed by atoms with E-state index in [1.165, 1.54) is 4.90 Å². The summed E-state index contributed by atoms with van der Waals surface area (Å²) in [5, 5.41) is 11.8. The van der Waals surface area contributed by atoms with Gasteiger partial charge in [-0.2, -0.15) is 0 Å². The van der Waals surface area contributed by atoms with Crippen molar-refractivity contribution in [1.29, 1.82) is 0 Å². The molecule has 0 aliphatic carbocycles. The van der Waals surface area contributed by atoms with E-state index in [4.69, 9.17) is 5.11 Å². The Morgan fingerprint density at radius 1 is 1.82 bits per heavy atom. The summed E-state index contributed by atoms with van der Waals surface area (Å²) in [6.07, 6.45) is 0.144. The normalized spacial score (nSPS) is 24.1. The van der Waals surface area contributed by atoms with Gasteiger partial charge in [-0.3, -0.25) is 0 Å². The smallest absolute Gasteiger partial charge is 0.407 e. The van der Waals surface area contributed by atoms with Crippen LogP contribution in [0.1, 0.15) is 13.3 Å². The van der Waals surface area contributed by atoms with Gasteiger partial charge in [0.1, 0.15) is 0 Å². The monoisotopic (exact) mass is 158 g/mol. The van der Waals surface area contributed by atoms with Crippen LogP contribution >= 0.6 is 0 Å². The molecule has 1 aliphatic heterocycles. The Labute approximate surface area is 66.2 Å². The lowest BCUT2D eigenvalue weighted by atomic mass is 10.3. The van der Waals surface area contributed by atoms with Gasteiger partial charge in [-0.1, -0.05) is 6.92 Å². The van der Waals surface area contributed by atoms with Crippen LogP contribution in [0.25, 0.3) is 0 Å². The van der Waals surface area contributed by atoms with Crippen molar-refractivity contribution < 1.29 is 9.90 Å². The fourth-order valence-electron chi connectivity index (χ4n) is 1.39. The molecule has 1 rings (SSSR count). The van der Waals surface area contributed by atoms with Crippen LogP contribution < -0.4 is 5.32 Å². The molecule has 1 unspecified atom stereocenters. The molecule has 0 radical (unpaired) electrons. The van der Waals surface area contributed by atoms with Crippen LogP contribution in [0.15, 0.2) is 0 Å². The molecule has 0 bridgehead atoms. The van der Waals surface area contributed by atoms with Gasteiger partial charge >= 0.3 is 6.09 Å². The molecule has 2 N–H and O–H groups in total. The molecule has 1 amide bonds. The largest absolute Gasteiger partial charge is 0.465 e. The zero-order chi connectivity index (χ0) is 8.27. The highest BCUT2D eigenvalue weighted by molar-refractivity contribution is 5.65. The number of hydrogen-bond acceptors (Lipinski definition) is 2. The van der Waals surface area contributed by atoms with Gasteiger partial charge in [0.05, 0.1) is 0 Å². The van der Waals surface area contributed by atoms with Crippen LogP contribution in [0.2, 0.25) is 0 Å². The highest BCUT2D eigenvalue weighted by Gasteiger charge is 2.24. The predicted molar refractivity (Wildman–Crippen MR) is 41.7 cm³/mol. The van der Waals surface area contributed by atoms with Gasteiger partial charge in [-0.15, -0.1) is 0 Å². The summed E-state index contributed by atoms with van der Waals surface area (Å²) in [6.45, 7) is 4.26. The van der Waals surface area contributed by atoms with E-state index >= 15 is 0 Å². The number of amides is 1. The Bertz CT molecular complexity index is 149. The van der Waals surface area contributed by atoms with Gasteiger partial charge in [-0.25, -0.2) is 4.79 Å². The second-order valence-electron chi connectivity index (χ2n) is 2.77. The van der Waals surface area contributed by atoms with Crippen LogP contribution in [0.5, 0.6) is 0 Å². The number of rotatable bonds is 2. The van der Waals surface area contributed by atoms with Crippen molar-refractivity contribution >= 4 is 6.09 Å². The van der Waals surface area contributed by atoms with Gasteiger partial charge < -0.3 is 15.3 Å². The number of nitrogens with one attached hydrogen (secondary N) is 1. The van der Waals surface area contributed by atoms with Gasteiger partial charge in [0.15, 0.2) is 0 Å². The molecule has 1 heterocycles. The Morgan fingerprint density at radius 2 is 2.55 bits per heavy atom. The highest BCUT2D eigenvalue weighted by atomic mass is 16.4. The van der Waals surface area contributed by atoms with Crippen LogP contribution in [-0.4, -0.2) is 41.8 Å². The van der Waals surface area contributed by atoms with Gasteiger partial charge in [-0.05, 0) is 13.0 Å². The number of carbonyl (C=O) groups is 1. The van der Waals surface area contributed by atoms with E-state index in [9.17, 15) is 4.79 Å². The van der Waals surface area contributed by atoms with E-state index in [1.54, 1.807) is 0 Å². The van der Waals surface area contributed by atoms with E-state index in [-0.39, 0.29) is 0 Å². The third-order valence-electron chi connectivity index (χ3n) is 1.95. The summed E-state index contributed by atoms with van der Waals surface area (Å²) < 4.78 is 0. The highest BCUT2D eigenvalue weighted by Crippen LogP contribution is 2.08. The molecule has 0 aromatic rings. The molecule has 4 heteroatoms. The minimum atomic E-state index is -0.801. The molecular weight excluding hydrogens is 144 g/mol. The second kappa shape index (κ2) is 3.57. The van der Waals surface area contributed by atoms with Gasteiger partial charge in [0.2, 0.25) is 0 Å². The number of nitrogens with zero attached hydrogens (tertiary/aromatic N) is 1. The van der Waals surface area contributed by atoms with E-state index in [0.29, 0.717) is 19.1 Å². The average Bonchev–Trinajstić information content (AvgIpc) is 2.37. The zero-order valence-corrected chi connectivity index (χ0v) is 6.71. The van der Waals surface area contributed by atoms with Crippen molar-refractivity contribution in [3.63, 3.8) is 0 Å². The van der Waals surface area contributed by atoms with Crippen molar-refractivity contribution in [3.05, 3.63) is 0 Å². The SMILES string of the molecule is CCNC1CCN(C(=O)O)C1. The first-order valence-electron chi connectivity index (χ1n) is 3.95. The number of likely N-dealkylation sites (tertiary alicyclic amines) is 1. The Kier molecular flexibility index (Phi) is 2.70. The third-order valence-corrected chi connectivity index (χ3v) is 1.95. The predicted octanol–water partition coefficient (Wildman–Crippen LogP) is 0.348. The maximum absolute atomic E-state index is 10.4. The van der Waals surface area contributed by atoms with Crippen LogP contribution in [0.3, 0.4) is 0 Å². The van der Waals surface area contributed by atoms with Crippen molar-refractivity contribution in [2.45, 2.75) is 19.4 Å². The average molecular weight is 158 g/mol. The topological polar surface area (TPSA) is 52.6 Å². The molecule has 0 aromatic carbocycles. The summed E-state index contributed by atoms with van der Waals surface area (Å²) in [5.41, 5.74) is 0. The number of likely N-dealkylation sites (N-methyl/N-ethyl adjacent to an activating group) is 1. The summed E-state index contributed by atoms with van der Waals surface area (Å²) in [5.74, 6) is 0. The van der Waals surface area contributed by atoms with Crippen molar-refractivity contribution in [2.24, 2.45) is 0 Å². The lowest BCUT2D eigenvalue weighted by molar-refractivity contribution is 0.154. The standard InChI is InChI=1S/C7H14N2O2/c1-2-8-6-3-4-9(5-6)7(10)11/h6,8H,2-5H2,1H3,(H,10,11). The minimum Gasteiger partial charge on any atom is -0.465 e. The molecule has 11 heavy (non-hydrogen) atoms. The molecule has 1 saturated heterocycles. The van der Waals surface area contributed by atoms with Crippen molar-refractivity contribution in [2.75, 3.05) is 19.6 Å². The summed E-state index contributed by atoms with van der Waals surface area (Å²) in [7, 11) is 0. The van der Waals surface area contributed by atoms with E-state index in [1.807, 2.05) is 6.92 Å². The van der Waals surface area contributed by atoms with Crippen LogP contribution in [-0.2, 0) is 0 Å². The Hall–Kier alpha value is -0.770. The van der Waals surface area contributed by atoms with Crippen molar-refractivity contribution in [1.82, 2.24) is 10.2 Å². The Morgan fingerprint density at radius 3 is 3.00 bits per heavy atom. The fraction of sp³-hybridized carbons (Fsp3) is 0.857. The quantitative estimate of drug-likeness (QED) is 0.609. The molecule has 1 aliphatic rings. The van der Waals surface area contributed by atoms with E-state index in [2.05, 4.69) is 5.32 Å². The third kappa shape index (κ3) is 2.08. The van der Waals surface area contributed by atoms with E-state index < -0.39 is 6.09 Å². The molecule has 1 fully saturated rings. The Balaban J connectivity index is 2.29. The first-order chi connectivity index (χ1) is 5.24. The van der Waals surface area contributed by atoms with Crippen LogP contribution in [0, 0.1) is 0 Å². The first-order valence-corrected chi connectivity index (χ1v) is 3.95. The molecule has 4 nitrogen and oxygen atoms in total. The molecular formula is C7H14N2O2. The lowest BCUT2D eigenvalue weighted by Gasteiger charge is -2.12. The van der Waals surface area contributed by atoms with Gasteiger partial charge in [0.25, 0.3) is 0 Å². The molecule has 1 atom stereocenters. The summed E-state index contributed by atoms with van der Waals surface area (Å²) in [4.78, 5) is 11.9. The summed E-state index contributed by atoms with van der Waals surface area (Å²) >= 11 is 0. The van der Waals surface area contributed by atoms with Crippen molar-refractivity contribution in [3.8, 4) is 0 Å². The molecule has 0 spiro atoms. The second-order valence-corrected chi connectivity index (χ2v) is 2.77. The lowest BCUT2D eigenvalue weighted by Crippen LogP contribution is -2.34. The molecule has 0 aromatic heterocycles.